The molecule has 1 aromatic carbocycles. The van der Waals surface area contributed by atoms with Crippen molar-refractivity contribution in [2.45, 2.75) is 25.9 Å². The Labute approximate surface area is 179 Å². The van der Waals surface area contributed by atoms with Crippen LogP contribution in [0.2, 0.25) is 0 Å². The highest BCUT2D eigenvalue weighted by atomic mass is 127. The number of nitrogens with one attached hydrogen (secondary N) is 1. The summed E-state index contributed by atoms with van der Waals surface area (Å²) in [6.45, 7) is 4.87. The van der Waals surface area contributed by atoms with Crippen molar-refractivity contribution >= 4 is 29.9 Å². The molecule has 7 heteroatoms. The number of likely N-dealkylation sites (tertiary alicyclic amines) is 1. The molecule has 2 atom stereocenters. The van der Waals surface area contributed by atoms with Crippen LogP contribution in [0.25, 0.3) is 0 Å². The first-order chi connectivity index (χ1) is 12.6. The van der Waals surface area contributed by atoms with Gasteiger partial charge in [0.25, 0.3) is 0 Å². The van der Waals surface area contributed by atoms with Crippen molar-refractivity contribution in [2.75, 3.05) is 26.7 Å². The minimum Gasteiger partial charge on any atom is -0.489 e. The lowest BCUT2D eigenvalue weighted by molar-refractivity contribution is 0.222. The smallest absolute Gasteiger partial charge is 0.193 e. The van der Waals surface area contributed by atoms with E-state index in [0.717, 1.165) is 37.8 Å². The molecule has 0 saturated carbocycles. The summed E-state index contributed by atoms with van der Waals surface area (Å²) in [6, 6.07) is 9.93. The second kappa shape index (κ2) is 10.5. The maximum atomic E-state index is 5.93. The van der Waals surface area contributed by atoms with E-state index in [0.29, 0.717) is 5.92 Å². The Hall–Kier alpha value is -1.77. The molecule has 1 aromatic heterocycles. The Morgan fingerprint density at radius 2 is 2.15 bits per heavy atom. The molecule has 0 spiro atoms. The third-order valence-electron chi connectivity index (χ3n) is 4.71. The number of guanidine groups is 1. The molecule has 0 bridgehead atoms. The van der Waals surface area contributed by atoms with Gasteiger partial charge in [-0.1, -0.05) is 18.2 Å². The molecular formula is C20H30IN5O. The Morgan fingerprint density at radius 1 is 1.37 bits per heavy atom. The zero-order chi connectivity index (χ0) is 18.4. The van der Waals surface area contributed by atoms with Gasteiger partial charge in [0.05, 0.1) is 12.7 Å². The lowest BCUT2D eigenvalue weighted by Crippen LogP contribution is -2.43. The van der Waals surface area contributed by atoms with Crippen molar-refractivity contribution in [3.05, 3.63) is 48.3 Å². The highest BCUT2D eigenvalue weighted by Crippen LogP contribution is 2.20. The minimum absolute atomic E-state index is 0. The number of aromatic nitrogens is 2. The lowest BCUT2D eigenvalue weighted by Gasteiger charge is -2.23. The summed E-state index contributed by atoms with van der Waals surface area (Å²) in [5.41, 5.74) is 1.31. The Morgan fingerprint density at radius 3 is 2.81 bits per heavy atom. The highest BCUT2D eigenvalue weighted by Gasteiger charge is 2.25. The minimum atomic E-state index is 0. The van der Waals surface area contributed by atoms with E-state index in [-0.39, 0.29) is 30.1 Å². The van der Waals surface area contributed by atoms with Crippen LogP contribution in [-0.4, -0.2) is 53.4 Å². The van der Waals surface area contributed by atoms with E-state index in [1.807, 2.05) is 55.3 Å². The van der Waals surface area contributed by atoms with E-state index in [2.05, 4.69) is 33.4 Å². The van der Waals surface area contributed by atoms with Crippen LogP contribution in [0.4, 0.5) is 0 Å². The van der Waals surface area contributed by atoms with Crippen molar-refractivity contribution in [1.82, 2.24) is 20.0 Å². The highest BCUT2D eigenvalue weighted by molar-refractivity contribution is 14.0. The van der Waals surface area contributed by atoms with Gasteiger partial charge in [-0.25, -0.2) is 0 Å². The summed E-state index contributed by atoms with van der Waals surface area (Å²) in [5.74, 6) is 2.51. The van der Waals surface area contributed by atoms with Crippen LogP contribution in [0, 0.1) is 5.92 Å². The average Bonchev–Trinajstić information content (AvgIpc) is 3.26. The number of ether oxygens (including phenoxy) is 1. The average molecular weight is 483 g/mol. The number of aryl methyl sites for hydroxylation is 1. The van der Waals surface area contributed by atoms with Crippen molar-refractivity contribution < 1.29 is 4.74 Å². The Balaban J connectivity index is 0.00000261. The van der Waals surface area contributed by atoms with Gasteiger partial charge in [0, 0.05) is 33.4 Å². The number of hydrogen-bond donors (Lipinski definition) is 1. The molecule has 2 heterocycles. The molecule has 2 unspecified atom stereocenters. The molecule has 1 aliphatic rings. The van der Waals surface area contributed by atoms with Crippen LogP contribution in [0.15, 0.2) is 47.7 Å². The molecule has 27 heavy (non-hydrogen) atoms. The summed E-state index contributed by atoms with van der Waals surface area (Å²) in [5, 5.41) is 7.72. The van der Waals surface area contributed by atoms with Gasteiger partial charge in [-0.15, -0.1) is 24.0 Å². The number of aliphatic imine (C=N–C) groups is 1. The summed E-state index contributed by atoms with van der Waals surface area (Å²) < 4.78 is 7.80. The molecule has 6 nitrogen and oxygen atoms in total. The van der Waals surface area contributed by atoms with Gasteiger partial charge in [-0.05, 0) is 43.4 Å². The zero-order valence-corrected chi connectivity index (χ0v) is 18.7. The Kier molecular flexibility index (Phi) is 8.40. The van der Waals surface area contributed by atoms with Crippen LogP contribution in [0.1, 0.15) is 18.9 Å². The predicted molar refractivity (Wildman–Crippen MR) is 120 cm³/mol. The standard InChI is InChI=1S/C20H29N5O.HI/c1-16(26-19-7-5-4-6-8-19)12-22-20(21-2)25-10-9-17(15-25)11-18-13-23-24(3)14-18;/h4-8,13-14,16-17H,9-12,15H2,1-3H3,(H,21,22);1H. The van der Waals surface area contributed by atoms with Crippen LogP contribution in [0.5, 0.6) is 5.75 Å². The zero-order valence-electron chi connectivity index (χ0n) is 16.3. The van der Waals surface area contributed by atoms with E-state index in [1.54, 1.807) is 0 Å². The molecule has 1 aliphatic heterocycles. The Bertz CT molecular complexity index is 718. The van der Waals surface area contributed by atoms with Crippen LogP contribution >= 0.6 is 24.0 Å². The molecule has 0 aliphatic carbocycles. The summed E-state index contributed by atoms with van der Waals surface area (Å²) >= 11 is 0. The van der Waals surface area contributed by atoms with E-state index >= 15 is 0 Å². The number of benzene rings is 1. The number of rotatable bonds is 6. The third kappa shape index (κ3) is 6.41. The molecule has 3 rings (SSSR count). The van der Waals surface area contributed by atoms with E-state index in [4.69, 9.17) is 4.74 Å². The van der Waals surface area contributed by atoms with Gasteiger partial charge in [0.2, 0.25) is 0 Å². The first-order valence-corrected chi connectivity index (χ1v) is 9.29. The van der Waals surface area contributed by atoms with E-state index in [9.17, 15) is 0 Å². The van der Waals surface area contributed by atoms with Crippen LogP contribution in [0.3, 0.4) is 0 Å². The SMILES string of the molecule is CN=C(NCC(C)Oc1ccccc1)N1CCC(Cc2cnn(C)c2)C1.I. The molecule has 1 N–H and O–H groups in total. The third-order valence-corrected chi connectivity index (χ3v) is 4.71. The first kappa shape index (κ1) is 21.5. The number of nitrogens with zero attached hydrogens (tertiary/aromatic N) is 4. The summed E-state index contributed by atoms with van der Waals surface area (Å²) in [7, 11) is 3.81. The van der Waals surface area contributed by atoms with Crippen molar-refractivity contribution in [3.8, 4) is 5.75 Å². The van der Waals surface area contributed by atoms with Gasteiger partial charge in [0.15, 0.2) is 5.96 Å². The summed E-state index contributed by atoms with van der Waals surface area (Å²) in [6.07, 6.45) is 6.42. The molecule has 0 amide bonds. The molecule has 148 valence electrons. The first-order valence-electron chi connectivity index (χ1n) is 9.29. The molecule has 1 saturated heterocycles. The molecule has 1 fully saturated rings. The number of halogens is 1. The number of para-hydroxylation sites is 1. The van der Waals surface area contributed by atoms with Gasteiger partial charge < -0.3 is 15.0 Å². The fourth-order valence-electron chi connectivity index (χ4n) is 3.44. The van der Waals surface area contributed by atoms with E-state index < -0.39 is 0 Å². The van der Waals surface area contributed by atoms with E-state index in [1.165, 1.54) is 12.0 Å². The molecular weight excluding hydrogens is 453 g/mol. The van der Waals surface area contributed by atoms with Crippen LogP contribution < -0.4 is 10.1 Å². The monoisotopic (exact) mass is 483 g/mol. The quantitative estimate of drug-likeness (QED) is 0.390. The van der Waals surface area contributed by atoms with Gasteiger partial charge in [-0.3, -0.25) is 9.67 Å². The van der Waals surface area contributed by atoms with Crippen molar-refractivity contribution in [1.29, 1.82) is 0 Å². The topological polar surface area (TPSA) is 54.7 Å². The second-order valence-electron chi connectivity index (χ2n) is 7.00. The number of hydrogen-bond acceptors (Lipinski definition) is 3. The fraction of sp³-hybridized carbons (Fsp3) is 0.500. The van der Waals surface area contributed by atoms with Crippen molar-refractivity contribution in [2.24, 2.45) is 18.0 Å². The maximum absolute atomic E-state index is 5.93. The van der Waals surface area contributed by atoms with Crippen molar-refractivity contribution in [3.63, 3.8) is 0 Å². The largest absolute Gasteiger partial charge is 0.489 e. The normalized spacial score (nSPS) is 18.1. The lowest BCUT2D eigenvalue weighted by atomic mass is 10.0. The maximum Gasteiger partial charge on any atom is 0.193 e. The fourth-order valence-corrected chi connectivity index (χ4v) is 3.44. The van der Waals surface area contributed by atoms with Crippen LogP contribution in [-0.2, 0) is 13.5 Å². The molecule has 2 aromatic rings. The van der Waals surface area contributed by atoms with Gasteiger partial charge >= 0.3 is 0 Å². The predicted octanol–water partition coefficient (Wildman–Crippen LogP) is 2.95. The second-order valence-corrected chi connectivity index (χ2v) is 7.00. The van der Waals surface area contributed by atoms with Gasteiger partial charge in [0.1, 0.15) is 11.9 Å². The van der Waals surface area contributed by atoms with Gasteiger partial charge in [-0.2, -0.15) is 5.10 Å². The molecule has 0 radical (unpaired) electrons. The summed E-state index contributed by atoms with van der Waals surface area (Å²) in [4.78, 5) is 6.80.